The number of carbonyl (C=O) groups excluding carboxylic acids is 1. The van der Waals surface area contributed by atoms with E-state index < -0.39 is 11.7 Å². The summed E-state index contributed by atoms with van der Waals surface area (Å²) >= 11 is 0. The molecule has 0 spiro atoms. The molecular formula is C21H27NO4. The van der Waals surface area contributed by atoms with Crippen molar-refractivity contribution in [2.24, 2.45) is 11.8 Å². The molecule has 0 saturated heterocycles. The van der Waals surface area contributed by atoms with Crippen LogP contribution in [0, 0.1) is 18.8 Å². The van der Waals surface area contributed by atoms with Crippen molar-refractivity contribution in [1.29, 1.82) is 0 Å². The second kappa shape index (κ2) is 7.52. The Morgan fingerprint density at radius 1 is 1.27 bits per heavy atom. The lowest BCUT2D eigenvalue weighted by Crippen LogP contribution is -2.48. The molecule has 1 fully saturated rings. The smallest absolute Gasteiger partial charge is 0.336 e. The van der Waals surface area contributed by atoms with Crippen molar-refractivity contribution in [3.05, 3.63) is 40.2 Å². The summed E-state index contributed by atoms with van der Waals surface area (Å²) in [4.78, 5) is 24.1. The van der Waals surface area contributed by atoms with E-state index in [4.69, 9.17) is 9.15 Å². The van der Waals surface area contributed by atoms with Gasteiger partial charge in [0, 0.05) is 23.6 Å². The molecule has 1 aromatic heterocycles. The van der Waals surface area contributed by atoms with Crippen LogP contribution in [0.3, 0.4) is 0 Å². The van der Waals surface area contributed by atoms with Gasteiger partial charge >= 0.3 is 5.63 Å². The summed E-state index contributed by atoms with van der Waals surface area (Å²) in [7, 11) is 0. The molecular weight excluding hydrogens is 330 g/mol. The van der Waals surface area contributed by atoms with Crippen LogP contribution in [-0.2, 0) is 4.79 Å². The molecule has 26 heavy (non-hydrogen) atoms. The molecule has 1 saturated carbocycles. The second-order valence-electron chi connectivity index (χ2n) is 7.55. The van der Waals surface area contributed by atoms with Gasteiger partial charge in [-0.2, -0.15) is 0 Å². The molecule has 5 heteroatoms. The van der Waals surface area contributed by atoms with E-state index in [1.165, 1.54) is 12.5 Å². The minimum Gasteiger partial charge on any atom is -0.481 e. The van der Waals surface area contributed by atoms with Gasteiger partial charge in [0.05, 0.1) is 0 Å². The number of carbonyl (C=O) groups is 1. The number of hydrogen-bond acceptors (Lipinski definition) is 4. The Hall–Kier alpha value is -2.30. The SMILES string of the molecule is Cc1cc(=O)oc2cc(O[C@@H](C)C(=O)N[C@H]3CCC[C@H](C)[C@@H]3C)ccc12. The summed E-state index contributed by atoms with van der Waals surface area (Å²) in [5, 5.41) is 4.00. The highest BCUT2D eigenvalue weighted by Crippen LogP contribution is 2.29. The van der Waals surface area contributed by atoms with Gasteiger partial charge < -0.3 is 14.5 Å². The molecule has 1 amide bonds. The molecule has 1 aliphatic carbocycles. The van der Waals surface area contributed by atoms with Gasteiger partial charge in [-0.15, -0.1) is 0 Å². The zero-order chi connectivity index (χ0) is 18.8. The number of ether oxygens (including phenoxy) is 1. The predicted molar refractivity (Wildman–Crippen MR) is 101 cm³/mol. The molecule has 1 aromatic carbocycles. The van der Waals surface area contributed by atoms with E-state index in [2.05, 4.69) is 19.2 Å². The van der Waals surface area contributed by atoms with Gasteiger partial charge in [-0.1, -0.05) is 26.7 Å². The lowest BCUT2D eigenvalue weighted by molar-refractivity contribution is -0.128. The minimum absolute atomic E-state index is 0.109. The zero-order valence-corrected chi connectivity index (χ0v) is 15.9. The molecule has 140 valence electrons. The first-order valence-corrected chi connectivity index (χ1v) is 9.36. The predicted octanol–water partition coefficient (Wildman–Crippen LogP) is 3.81. The van der Waals surface area contributed by atoms with E-state index in [1.54, 1.807) is 19.1 Å². The van der Waals surface area contributed by atoms with E-state index in [0.717, 1.165) is 23.8 Å². The van der Waals surface area contributed by atoms with E-state index in [-0.39, 0.29) is 11.9 Å². The van der Waals surface area contributed by atoms with Crippen LogP contribution in [0.4, 0.5) is 0 Å². The Kier molecular flexibility index (Phi) is 5.35. The first kappa shape index (κ1) is 18.5. The standard InChI is InChI=1S/C21H27NO4/c1-12-6-5-7-18(14(12)3)22-21(24)15(4)25-16-8-9-17-13(2)10-20(23)26-19(17)11-16/h8-12,14-15,18H,5-7H2,1-4H3,(H,22,24)/t12-,14-,15-,18-/m0/s1. The van der Waals surface area contributed by atoms with Gasteiger partial charge in [0.15, 0.2) is 6.10 Å². The maximum atomic E-state index is 12.5. The molecule has 4 atom stereocenters. The molecule has 0 unspecified atom stereocenters. The Labute approximate surface area is 153 Å². The first-order valence-electron chi connectivity index (χ1n) is 9.36. The van der Waals surface area contributed by atoms with Crippen LogP contribution in [0.2, 0.25) is 0 Å². The van der Waals surface area contributed by atoms with Crippen LogP contribution in [0.15, 0.2) is 33.5 Å². The average molecular weight is 357 g/mol. The maximum Gasteiger partial charge on any atom is 0.336 e. The zero-order valence-electron chi connectivity index (χ0n) is 15.9. The van der Waals surface area contributed by atoms with E-state index in [9.17, 15) is 9.59 Å². The van der Waals surface area contributed by atoms with Crippen LogP contribution in [0.25, 0.3) is 11.0 Å². The molecule has 3 rings (SSSR count). The Morgan fingerprint density at radius 2 is 2.04 bits per heavy atom. The fraction of sp³-hybridized carbons (Fsp3) is 0.524. The number of rotatable bonds is 4. The summed E-state index contributed by atoms with van der Waals surface area (Å²) in [6.07, 6.45) is 2.77. The third-order valence-electron chi connectivity index (χ3n) is 5.64. The Morgan fingerprint density at radius 3 is 2.81 bits per heavy atom. The molecule has 1 heterocycles. The largest absolute Gasteiger partial charge is 0.481 e. The highest BCUT2D eigenvalue weighted by Gasteiger charge is 2.29. The van der Waals surface area contributed by atoms with Crippen LogP contribution in [0.5, 0.6) is 5.75 Å². The molecule has 0 bridgehead atoms. The normalized spacial score (nSPS) is 24.2. The van der Waals surface area contributed by atoms with E-state index in [0.29, 0.717) is 23.2 Å². The number of benzene rings is 1. The molecule has 0 radical (unpaired) electrons. The summed E-state index contributed by atoms with van der Waals surface area (Å²) in [5.74, 6) is 1.50. The third kappa shape index (κ3) is 3.92. The van der Waals surface area contributed by atoms with Crippen LogP contribution >= 0.6 is 0 Å². The third-order valence-corrected chi connectivity index (χ3v) is 5.64. The fourth-order valence-corrected chi connectivity index (χ4v) is 3.72. The minimum atomic E-state index is -0.617. The fourth-order valence-electron chi connectivity index (χ4n) is 3.72. The van der Waals surface area contributed by atoms with E-state index in [1.807, 2.05) is 13.0 Å². The van der Waals surface area contributed by atoms with Crippen molar-refractivity contribution in [2.45, 2.75) is 59.1 Å². The highest BCUT2D eigenvalue weighted by molar-refractivity contribution is 5.83. The van der Waals surface area contributed by atoms with Crippen molar-refractivity contribution in [2.75, 3.05) is 0 Å². The summed E-state index contributed by atoms with van der Waals surface area (Å²) < 4.78 is 11.0. The van der Waals surface area contributed by atoms with Gasteiger partial charge in [-0.25, -0.2) is 4.79 Å². The number of hydrogen-bond donors (Lipinski definition) is 1. The second-order valence-corrected chi connectivity index (χ2v) is 7.55. The van der Waals surface area contributed by atoms with Gasteiger partial charge in [0.25, 0.3) is 5.91 Å². The van der Waals surface area contributed by atoms with Crippen molar-refractivity contribution in [3.63, 3.8) is 0 Å². The number of nitrogens with one attached hydrogen (secondary N) is 1. The first-order chi connectivity index (χ1) is 12.3. The van der Waals surface area contributed by atoms with E-state index >= 15 is 0 Å². The average Bonchev–Trinajstić information content (AvgIpc) is 2.58. The number of amides is 1. The Balaban J connectivity index is 1.69. The molecule has 1 N–H and O–H groups in total. The van der Waals surface area contributed by atoms with Gasteiger partial charge in [0.2, 0.25) is 0 Å². The lowest BCUT2D eigenvalue weighted by atomic mass is 9.78. The van der Waals surface area contributed by atoms with Gasteiger partial charge in [-0.05, 0) is 49.8 Å². The van der Waals surface area contributed by atoms with Gasteiger partial charge in [-0.3, -0.25) is 4.79 Å². The highest BCUT2D eigenvalue weighted by atomic mass is 16.5. The van der Waals surface area contributed by atoms with Crippen molar-refractivity contribution in [1.82, 2.24) is 5.32 Å². The number of aryl methyl sites for hydroxylation is 1. The summed E-state index contributed by atoms with van der Waals surface area (Å²) in [5.41, 5.74) is 0.933. The molecule has 2 aromatic rings. The quantitative estimate of drug-likeness (QED) is 0.845. The molecule has 0 aliphatic heterocycles. The molecule has 1 aliphatic rings. The van der Waals surface area contributed by atoms with Crippen molar-refractivity contribution >= 4 is 16.9 Å². The molecule has 5 nitrogen and oxygen atoms in total. The maximum absolute atomic E-state index is 12.5. The van der Waals surface area contributed by atoms with Crippen LogP contribution in [-0.4, -0.2) is 18.1 Å². The van der Waals surface area contributed by atoms with Crippen molar-refractivity contribution < 1.29 is 13.9 Å². The summed E-state index contributed by atoms with van der Waals surface area (Å²) in [6, 6.07) is 6.97. The topological polar surface area (TPSA) is 68.5 Å². The van der Waals surface area contributed by atoms with Gasteiger partial charge in [0.1, 0.15) is 11.3 Å². The van der Waals surface area contributed by atoms with Crippen molar-refractivity contribution in [3.8, 4) is 5.75 Å². The Bertz CT molecular complexity index is 857. The van der Waals surface area contributed by atoms with Crippen LogP contribution < -0.4 is 15.7 Å². The number of fused-ring (bicyclic) bond motifs is 1. The summed E-state index contributed by atoms with van der Waals surface area (Å²) in [6.45, 7) is 8.05. The van der Waals surface area contributed by atoms with Crippen LogP contribution in [0.1, 0.15) is 45.6 Å². The monoisotopic (exact) mass is 357 g/mol. The lowest BCUT2D eigenvalue weighted by Gasteiger charge is -2.35.